The zero-order valence-electron chi connectivity index (χ0n) is 13.7. The quantitative estimate of drug-likeness (QED) is 0.888. The molecule has 5 nitrogen and oxygen atoms in total. The lowest BCUT2D eigenvalue weighted by Crippen LogP contribution is -2.23. The van der Waals surface area contributed by atoms with Crippen LogP contribution < -0.4 is 10.6 Å². The van der Waals surface area contributed by atoms with E-state index < -0.39 is 0 Å². The van der Waals surface area contributed by atoms with Gasteiger partial charge in [0.05, 0.1) is 11.6 Å². The first-order chi connectivity index (χ1) is 11.5. The molecule has 0 spiro atoms. The number of amides is 2. The highest BCUT2D eigenvalue weighted by molar-refractivity contribution is 5.94. The number of hydrogen-bond donors (Lipinski definition) is 2. The molecule has 0 heterocycles. The molecule has 0 fully saturated rings. The van der Waals surface area contributed by atoms with Gasteiger partial charge in [-0.25, -0.2) is 0 Å². The lowest BCUT2D eigenvalue weighted by Gasteiger charge is -2.10. The van der Waals surface area contributed by atoms with Gasteiger partial charge >= 0.3 is 0 Å². The van der Waals surface area contributed by atoms with E-state index in [-0.39, 0.29) is 17.7 Å². The highest BCUT2D eigenvalue weighted by Crippen LogP contribution is 2.12. The van der Waals surface area contributed by atoms with Crippen molar-refractivity contribution in [3.63, 3.8) is 0 Å². The number of rotatable bonds is 5. The van der Waals surface area contributed by atoms with Crippen molar-refractivity contribution < 1.29 is 9.59 Å². The predicted molar refractivity (Wildman–Crippen MR) is 92.2 cm³/mol. The van der Waals surface area contributed by atoms with Crippen molar-refractivity contribution in [2.45, 2.75) is 20.4 Å². The molecule has 0 aliphatic carbocycles. The summed E-state index contributed by atoms with van der Waals surface area (Å²) in [5.74, 6) is -0.352. The van der Waals surface area contributed by atoms with E-state index in [1.54, 1.807) is 24.3 Å². The average molecular weight is 321 g/mol. The summed E-state index contributed by atoms with van der Waals surface area (Å²) in [6.07, 6.45) is 0. The SMILES string of the molecule is CC(C)C(=O)Nc1cccc(CNC(=O)c2ccc(C#N)cc2)c1. The Balaban J connectivity index is 1.97. The van der Waals surface area contributed by atoms with Gasteiger partial charge in [-0.2, -0.15) is 5.26 Å². The van der Waals surface area contributed by atoms with Crippen molar-refractivity contribution in [1.29, 1.82) is 5.26 Å². The number of carbonyl (C=O) groups is 2. The number of hydrogen-bond acceptors (Lipinski definition) is 3. The first-order valence-corrected chi connectivity index (χ1v) is 7.68. The van der Waals surface area contributed by atoms with Gasteiger partial charge in [-0.1, -0.05) is 26.0 Å². The molecule has 24 heavy (non-hydrogen) atoms. The third-order valence-electron chi connectivity index (χ3n) is 3.45. The lowest BCUT2D eigenvalue weighted by atomic mass is 10.1. The predicted octanol–water partition coefficient (Wildman–Crippen LogP) is 3.08. The number of carbonyl (C=O) groups excluding carboxylic acids is 2. The molecule has 0 aliphatic rings. The van der Waals surface area contributed by atoms with E-state index in [0.29, 0.717) is 23.4 Å². The van der Waals surface area contributed by atoms with Crippen LogP contribution in [0.15, 0.2) is 48.5 Å². The van der Waals surface area contributed by atoms with E-state index in [9.17, 15) is 9.59 Å². The Kier molecular flexibility index (Phi) is 5.69. The van der Waals surface area contributed by atoms with Crippen LogP contribution in [0.3, 0.4) is 0 Å². The van der Waals surface area contributed by atoms with E-state index in [2.05, 4.69) is 10.6 Å². The molecule has 2 aromatic rings. The summed E-state index contributed by atoms with van der Waals surface area (Å²) in [7, 11) is 0. The maximum atomic E-state index is 12.1. The molecule has 122 valence electrons. The van der Waals surface area contributed by atoms with Crippen molar-refractivity contribution in [1.82, 2.24) is 5.32 Å². The minimum absolute atomic E-state index is 0.0474. The van der Waals surface area contributed by atoms with Gasteiger partial charge in [-0.3, -0.25) is 9.59 Å². The van der Waals surface area contributed by atoms with Gasteiger partial charge < -0.3 is 10.6 Å². The molecule has 0 aliphatic heterocycles. The molecule has 2 rings (SSSR count). The topological polar surface area (TPSA) is 82.0 Å². The number of anilines is 1. The second kappa shape index (κ2) is 7.93. The third kappa shape index (κ3) is 4.68. The molecule has 0 atom stereocenters. The number of nitriles is 1. The molecule has 0 aromatic heterocycles. The monoisotopic (exact) mass is 321 g/mol. The van der Waals surface area contributed by atoms with Crippen molar-refractivity contribution in [3.05, 3.63) is 65.2 Å². The summed E-state index contributed by atoms with van der Waals surface area (Å²) in [6.45, 7) is 4.01. The Morgan fingerprint density at radius 3 is 2.46 bits per heavy atom. The number of benzene rings is 2. The normalized spacial score (nSPS) is 10.1. The second-order valence-corrected chi connectivity index (χ2v) is 5.72. The van der Waals surface area contributed by atoms with Gasteiger partial charge in [0.2, 0.25) is 5.91 Å². The van der Waals surface area contributed by atoms with Crippen LogP contribution in [-0.4, -0.2) is 11.8 Å². The number of nitrogens with one attached hydrogen (secondary N) is 2. The minimum Gasteiger partial charge on any atom is -0.348 e. The molecular formula is C19H19N3O2. The zero-order chi connectivity index (χ0) is 17.5. The molecule has 0 radical (unpaired) electrons. The molecule has 2 N–H and O–H groups in total. The fraction of sp³-hybridized carbons (Fsp3) is 0.211. The fourth-order valence-electron chi connectivity index (χ4n) is 2.03. The van der Waals surface area contributed by atoms with Crippen LogP contribution in [0.2, 0.25) is 0 Å². The van der Waals surface area contributed by atoms with Crippen LogP contribution in [0.5, 0.6) is 0 Å². The highest BCUT2D eigenvalue weighted by atomic mass is 16.2. The van der Waals surface area contributed by atoms with Crippen molar-refractivity contribution in [3.8, 4) is 6.07 Å². The Labute approximate surface area is 141 Å². The maximum Gasteiger partial charge on any atom is 0.251 e. The summed E-state index contributed by atoms with van der Waals surface area (Å²) in [5.41, 5.74) is 2.61. The fourth-order valence-corrected chi connectivity index (χ4v) is 2.03. The van der Waals surface area contributed by atoms with Crippen LogP contribution in [0.4, 0.5) is 5.69 Å². The van der Waals surface area contributed by atoms with E-state index in [1.165, 1.54) is 0 Å². The molecule has 2 amide bonds. The first-order valence-electron chi connectivity index (χ1n) is 7.68. The summed E-state index contributed by atoms with van der Waals surface area (Å²) >= 11 is 0. The van der Waals surface area contributed by atoms with Crippen molar-refractivity contribution in [2.24, 2.45) is 5.92 Å². The van der Waals surface area contributed by atoms with Gasteiger partial charge in [0, 0.05) is 23.7 Å². The van der Waals surface area contributed by atoms with E-state index >= 15 is 0 Å². The highest BCUT2D eigenvalue weighted by Gasteiger charge is 2.08. The molecule has 0 unspecified atom stereocenters. The van der Waals surface area contributed by atoms with Gasteiger partial charge in [0.1, 0.15) is 0 Å². The Morgan fingerprint density at radius 2 is 1.83 bits per heavy atom. The van der Waals surface area contributed by atoms with Gasteiger partial charge in [-0.15, -0.1) is 0 Å². The van der Waals surface area contributed by atoms with Crippen molar-refractivity contribution in [2.75, 3.05) is 5.32 Å². The Morgan fingerprint density at radius 1 is 1.12 bits per heavy atom. The summed E-state index contributed by atoms with van der Waals surface area (Å²) in [6, 6.07) is 15.8. The molecule has 2 aromatic carbocycles. The summed E-state index contributed by atoms with van der Waals surface area (Å²) < 4.78 is 0. The maximum absolute atomic E-state index is 12.1. The second-order valence-electron chi connectivity index (χ2n) is 5.72. The largest absolute Gasteiger partial charge is 0.348 e. The number of nitrogens with zero attached hydrogens (tertiary/aromatic N) is 1. The Hall–Kier alpha value is -3.13. The smallest absolute Gasteiger partial charge is 0.251 e. The molecular weight excluding hydrogens is 302 g/mol. The average Bonchev–Trinajstić information content (AvgIpc) is 2.60. The Bertz CT molecular complexity index is 774. The molecule has 0 saturated carbocycles. The van der Waals surface area contributed by atoms with E-state index in [4.69, 9.17) is 5.26 Å². The van der Waals surface area contributed by atoms with E-state index in [1.807, 2.05) is 44.2 Å². The van der Waals surface area contributed by atoms with Crippen LogP contribution in [0.1, 0.15) is 35.3 Å². The van der Waals surface area contributed by atoms with Gasteiger partial charge in [0.15, 0.2) is 0 Å². The van der Waals surface area contributed by atoms with Crippen molar-refractivity contribution >= 4 is 17.5 Å². The lowest BCUT2D eigenvalue weighted by molar-refractivity contribution is -0.118. The minimum atomic E-state index is -0.212. The zero-order valence-corrected chi connectivity index (χ0v) is 13.7. The summed E-state index contributed by atoms with van der Waals surface area (Å²) in [5, 5.41) is 14.4. The standard InChI is InChI=1S/C19H19N3O2/c1-13(2)18(23)22-17-5-3-4-15(10-17)12-21-19(24)16-8-6-14(11-20)7-9-16/h3-10,13H,12H2,1-2H3,(H,21,24)(H,22,23). The van der Waals surface area contributed by atoms with Crippen LogP contribution >= 0.6 is 0 Å². The first kappa shape index (κ1) is 17.2. The van der Waals surface area contributed by atoms with Crippen LogP contribution in [-0.2, 0) is 11.3 Å². The third-order valence-corrected chi connectivity index (χ3v) is 3.45. The molecule has 5 heteroatoms. The molecule has 0 bridgehead atoms. The van der Waals surface area contributed by atoms with Gasteiger partial charge in [0.25, 0.3) is 5.91 Å². The van der Waals surface area contributed by atoms with Crippen LogP contribution in [0, 0.1) is 17.2 Å². The van der Waals surface area contributed by atoms with Crippen LogP contribution in [0.25, 0.3) is 0 Å². The van der Waals surface area contributed by atoms with Gasteiger partial charge in [-0.05, 0) is 42.0 Å². The molecule has 0 saturated heterocycles. The van der Waals surface area contributed by atoms with E-state index in [0.717, 1.165) is 5.56 Å². The summed E-state index contributed by atoms with van der Waals surface area (Å²) in [4.78, 5) is 23.8.